The molecule has 1 aliphatic heterocycles. The number of rotatable bonds is 13. The number of ether oxygens (including phenoxy) is 2. The molecule has 0 saturated heterocycles. The van der Waals surface area contributed by atoms with Gasteiger partial charge in [-0.15, -0.1) is 0 Å². The Kier molecular flexibility index (Phi) is 10.7. The summed E-state index contributed by atoms with van der Waals surface area (Å²) in [7, 11) is 0. The first kappa shape index (κ1) is 28.5. The number of fused-ring (bicyclic) bond motifs is 1. The molecule has 0 amide bonds. The van der Waals surface area contributed by atoms with Gasteiger partial charge >= 0.3 is 5.97 Å². The van der Waals surface area contributed by atoms with E-state index in [0.29, 0.717) is 5.75 Å². The second kappa shape index (κ2) is 12.8. The minimum Gasteiger partial charge on any atom is -0.483 e. The molecule has 1 aliphatic rings. The fraction of sp³-hybridized carbons (Fsp3) is 0.710. The highest BCUT2D eigenvalue weighted by Crippen LogP contribution is 2.43. The van der Waals surface area contributed by atoms with Gasteiger partial charge in [-0.25, -0.2) is 0 Å². The molecule has 0 radical (unpaired) electrons. The van der Waals surface area contributed by atoms with Gasteiger partial charge in [0.25, 0.3) is 0 Å². The highest BCUT2D eigenvalue weighted by Gasteiger charge is 2.31. The molecule has 3 nitrogen and oxygen atoms in total. The number of carbonyl (C=O) groups is 1. The molecule has 3 heteroatoms. The second-order valence-corrected chi connectivity index (χ2v) is 11.6. The topological polar surface area (TPSA) is 35.5 Å². The zero-order chi connectivity index (χ0) is 25.5. The summed E-state index contributed by atoms with van der Waals surface area (Å²) in [5.74, 6) is 3.79. The van der Waals surface area contributed by atoms with Crippen molar-refractivity contribution in [2.24, 2.45) is 17.8 Å². The normalized spacial score (nSPS) is 19.0. The van der Waals surface area contributed by atoms with Crippen LogP contribution < -0.4 is 9.47 Å². The molecule has 0 spiro atoms. The maximum Gasteiger partial charge on any atom is 0.308 e. The summed E-state index contributed by atoms with van der Waals surface area (Å²) in [4.78, 5) is 11.6. The number of hydrogen-bond donors (Lipinski definition) is 0. The predicted molar refractivity (Wildman–Crippen MR) is 145 cm³/mol. The van der Waals surface area contributed by atoms with Gasteiger partial charge in [0.2, 0.25) is 0 Å². The third kappa shape index (κ3) is 8.17. The van der Waals surface area contributed by atoms with E-state index in [1.54, 1.807) is 0 Å². The van der Waals surface area contributed by atoms with Crippen LogP contribution >= 0.6 is 0 Å². The van der Waals surface area contributed by atoms with Crippen molar-refractivity contribution >= 4 is 12.0 Å². The van der Waals surface area contributed by atoms with E-state index in [9.17, 15) is 4.79 Å². The van der Waals surface area contributed by atoms with Crippen LogP contribution in [-0.2, 0) is 4.79 Å². The number of hydrogen-bond acceptors (Lipinski definition) is 3. The van der Waals surface area contributed by atoms with Crippen molar-refractivity contribution in [3.63, 3.8) is 0 Å². The average molecular weight is 471 g/mol. The Morgan fingerprint density at radius 1 is 0.882 bits per heavy atom. The van der Waals surface area contributed by atoms with E-state index in [2.05, 4.69) is 53.7 Å². The van der Waals surface area contributed by atoms with Crippen molar-refractivity contribution in [1.82, 2.24) is 0 Å². The van der Waals surface area contributed by atoms with Gasteiger partial charge in [0, 0.05) is 18.1 Å². The minimum atomic E-state index is -0.287. The van der Waals surface area contributed by atoms with Crippen LogP contribution in [0.2, 0.25) is 0 Å². The van der Waals surface area contributed by atoms with Crippen molar-refractivity contribution in [2.45, 2.75) is 126 Å². The highest BCUT2D eigenvalue weighted by atomic mass is 16.5. The summed E-state index contributed by atoms with van der Waals surface area (Å²) >= 11 is 0. The molecule has 2 rings (SSSR count). The van der Waals surface area contributed by atoms with Gasteiger partial charge in [0.05, 0.1) is 0 Å². The van der Waals surface area contributed by atoms with Crippen LogP contribution in [0.4, 0.5) is 0 Å². The third-order valence-electron chi connectivity index (χ3n) is 7.66. The van der Waals surface area contributed by atoms with Crippen LogP contribution in [-0.4, -0.2) is 11.6 Å². The molecular formula is C31H50O3. The SMILES string of the molecule is CC(=O)Oc1c(C)c(C)c2c(c1C)C=C[C@](C)(CCC[C@H](C)CCC[C@H](C)CCCC(C)C)O2. The van der Waals surface area contributed by atoms with Crippen LogP contribution in [0.25, 0.3) is 6.08 Å². The van der Waals surface area contributed by atoms with Gasteiger partial charge in [0.15, 0.2) is 0 Å². The highest BCUT2D eigenvalue weighted by molar-refractivity contribution is 5.76. The molecule has 0 N–H and O–H groups in total. The van der Waals surface area contributed by atoms with Gasteiger partial charge in [0.1, 0.15) is 17.1 Å². The first-order valence-corrected chi connectivity index (χ1v) is 13.6. The summed E-state index contributed by atoms with van der Waals surface area (Å²) in [6.07, 6.45) is 16.0. The van der Waals surface area contributed by atoms with E-state index in [1.807, 2.05) is 13.8 Å². The summed E-state index contributed by atoms with van der Waals surface area (Å²) in [6.45, 7) is 19.2. The van der Waals surface area contributed by atoms with Crippen LogP contribution in [0.1, 0.15) is 122 Å². The molecule has 0 unspecified atom stereocenters. The summed E-state index contributed by atoms with van der Waals surface area (Å²) in [5.41, 5.74) is 3.76. The first-order valence-electron chi connectivity index (χ1n) is 13.6. The van der Waals surface area contributed by atoms with E-state index in [0.717, 1.165) is 52.2 Å². The number of carbonyl (C=O) groups excluding carboxylic acids is 1. The third-order valence-corrected chi connectivity index (χ3v) is 7.66. The monoisotopic (exact) mass is 470 g/mol. The molecule has 0 bridgehead atoms. The van der Waals surface area contributed by atoms with Gasteiger partial charge in [-0.05, 0) is 75.5 Å². The largest absolute Gasteiger partial charge is 0.483 e. The molecule has 0 saturated carbocycles. The number of esters is 1. The lowest BCUT2D eigenvalue weighted by Gasteiger charge is -2.34. The van der Waals surface area contributed by atoms with Crippen molar-refractivity contribution in [1.29, 1.82) is 0 Å². The number of benzene rings is 1. The lowest BCUT2D eigenvalue weighted by atomic mass is 9.88. The van der Waals surface area contributed by atoms with Crippen molar-refractivity contribution in [2.75, 3.05) is 0 Å². The van der Waals surface area contributed by atoms with Gasteiger partial charge < -0.3 is 9.47 Å². The summed E-state index contributed by atoms with van der Waals surface area (Å²) in [5, 5.41) is 0. The van der Waals surface area contributed by atoms with E-state index >= 15 is 0 Å². The molecule has 1 aromatic carbocycles. The molecule has 0 aliphatic carbocycles. The van der Waals surface area contributed by atoms with E-state index in [4.69, 9.17) is 9.47 Å². The van der Waals surface area contributed by atoms with Crippen LogP contribution in [0.5, 0.6) is 11.5 Å². The maximum atomic E-state index is 11.6. The van der Waals surface area contributed by atoms with E-state index in [-0.39, 0.29) is 11.6 Å². The fourth-order valence-electron chi connectivity index (χ4n) is 5.19. The molecule has 1 aromatic rings. The Hall–Kier alpha value is -1.77. The molecule has 0 fully saturated rings. The lowest BCUT2D eigenvalue weighted by Crippen LogP contribution is -2.32. The Balaban J connectivity index is 1.84. The summed E-state index contributed by atoms with van der Waals surface area (Å²) < 4.78 is 12.1. The van der Waals surface area contributed by atoms with Gasteiger partial charge in [-0.2, -0.15) is 0 Å². The van der Waals surface area contributed by atoms with Crippen LogP contribution in [0.3, 0.4) is 0 Å². The fourth-order valence-corrected chi connectivity index (χ4v) is 5.19. The van der Waals surface area contributed by atoms with Crippen molar-refractivity contribution in [3.05, 3.63) is 28.3 Å². The molecule has 1 heterocycles. The molecule has 3 atom stereocenters. The molecule has 192 valence electrons. The smallest absolute Gasteiger partial charge is 0.308 e. The average Bonchev–Trinajstić information content (AvgIpc) is 2.74. The maximum absolute atomic E-state index is 11.6. The lowest BCUT2D eigenvalue weighted by molar-refractivity contribution is -0.132. The van der Waals surface area contributed by atoms with Gasteiger partial charge in [-0.1, -0.05) is 78.7 Å². The van der Waals surface area contributed by atoms with Crippen LogP contribution in [0, 0.1) is 38.5 Å². The minimum absolute atomic E-state index is 0.286. The van der Waals surface area contributed by atoms with Crippen LogP contribution in [0.15, 0.2) is 6.08 Å². The molecule has 34 heavy (non-hydrogen) atoms. The molecular weight excluding hydrogens is 420 g/mol. The Labute approximate surface area is 209 Å². The zero-order valence-corrected chi connectivity index (χ0v) is 23.5. The second-order valence-electron chi connectivity index (χ2n) is 11.6. The quantitative estimate of drug-likeness (QED) is 0.213. The first-order chi connectivity index (χ1) is 15.9. The van der Waals surface area contributed by atoms with E-state index in [1.165, 1.54) is 58.3 Å². The van der Waals surface area contributed by atoms with Crippen molar-refractivity contribution < 1.29 is 14.3 Å². The van der Waals surface area contributed by atoms with Gasteiger partial charge in [-0.3, -0.25) is 4.79 Å². The Bertz CT molecular complexity index is 851. The Morgan fingerprint density at radius 3 is 2.00 bits per heavy atom. The van der Waals surface area contributed by atoms with Crippen molar-refractivity contribution in [3.8, 4) is 11.5 Å². The standard InChI is InChI=1S/C31H50O3/c1-21(2)13-10-14-22(3)15-11-16-23(4)17-12-19-31(9)20-18-28-26(7)29(33-27(8)32)24(5)25(6)30(28)34-31/h18,20-23H,10-17,19H2,1-9H3/t22-,23-,31+/m1/s1. The summed E-state index contributed by atoms with van der Waals surface area (Å²) in [6, 6.07) is 0. The van der Waals surface area contributed by atoms with E-state index < -0.39 is 0 Å². The molecule has 0 aromatic heterocycles. The Morgan fingerprint density at radius 2 is 1.44 bits per heavy atom. The predicted octanol–water partition coefficient (Wildman–Crippen LogP) is 9.14. The zero-order valence-electron chi connectivity index (χ0n) is 23.5.